The Hall–Kier alpha value is -3.57. The van der Waals surface area contributed by atoms with Gasteiger partial charge in [0, 0.05) is 28.9 Å². The number of thiazole rings is 1. The normalized spacial score (nSPS) is 13.0. The first-order valence-corrected chi connectivity index (χ1v) is 11.3. The molecule has 1 N–H and O–H groups in total. The Morgan fingerprint density at radius 3 is 2.81 bits per heavy atom. The average molecular weight is 449 g/mol. The van der Waals surface area contributed by atoms with Gasteiger partial charge in [0.25, 0.3) is 5.91 Å². The Morgan fingerprint density at radius 2 is 2.06 bits per heavy atom. The van der Waals surface area contributed by atoms with Crippen molar-refractivity contribution in [3.05, 3.63) is 52.2 Å². The standard InChI is InChI=1S/C24H24N4O3S/c1-4-7-28-15(2)10-18(16(28)3)11-19(13-25)23(29)27-24-26-20(14-32-24)17-5-6-21-22(12-17)31-9-8-30-21/h5-6,10-12,14H,4,7-9H2,1-3H3,(H,26,27,29). The number of ether oxygens (including phenoxy) is 2. The van der Waals surface area contributed by atoms with Crippen molar-refractivity contribution in [3.8, 4) is 28.8 Å². The molecule has 0 radical (unpaired) electrons. The van der Waals surface area contributed by atoms with E-state index < -0.39 is 5.91 Å². The molecule has 7 nitrogen and oxygen atoms in total. The number of carbonyl (C=O) groups excluding carboxylic acids is 1. The lowest BCUT2D eigenvalue weighted by atomic mass is 10.1. The molecule has 0 fully saturated rings. The lowest BCUT2D eigenvalue weighted by molar-refractivity contribution is -0.112. The van der Waals surface area contributed by atoms with Gasteiger partial charge in [-0.05, 0) is 56.2 Å². The van der Waals surface area contributed by atoms with Crippen molar-refractivity contribution < 1.29 is 14.3 Å². The van der Waals surface area contributed by atoms with Gasteiger partial charge in [0.05, 0.1) is 5.69 Å². The fourth-order valence-electron chi connectivity index (χ4n) is 3.68. The van der Waals surface area contributed by atoms with Crippen molar-refractivity contribution in [1.82, 2.24) is 9.55 Å². The summed E-state index contributed by atoms with van der Waals surface area (Å²) in [5.74, 6) is 0.921. The van der Waals surface area contributed by atoms with Crippen LogP contribution in [0.25, 0.3) is 17.3 Å². The molecule has 0 bridgehead atoms. The summed E-state index contributed by atoms with van der Waals surface area (Å²) in [5, 5.41) is 14.6. The van der Waals surface area contributed by atoms with Gasteiger partial charge in [0.1, 0.15) is 24.9 Å². The van der Waals surface area contributed by atoms with Crippen molar-refractivity contribution in [2.24, 2.45) is 0 Å². The minimum absolute atomic E-state index is 0.0397. The van der Waals surface area contributed by atoms with Crippen LogP contribution in [0.2, 0.25) is 0 Å². The highest BCUT2D eigenvalue weighted by Crippen LogP contribution is 2.35. The van der Waals surface area contributed by atoms with Crippen molar-refractivity contribution in [2.45, 2.75) is 33.7 Å². The van der Waals surface area contributed by atoms with Crippen molar-refractivity contribution in [3.63, 3.8) is 0 Å². The summed E-state index contributed by atoms with van der Waals surface area (Å²) in [4.78, 5) is 17.2. The fourth-order valence-corrected chi connectivity index (χ4v) is 4.39. The largest absolute Gasteiger partial charge is 0.486 e. The number of amides is 1. The second-order valence-electron chi connectivity index (χ2n) is 7.50. The maximum Gasteiger partial charge on any atom is 0.268 e. The molecular formula is C24H24N4O3S. The zero-order chi connectivity index (χ0) is 22.7. The fraction of sp³-hybridized carbons (Fsp3) is 0.292. The molecule has 0 saturated heterocycles. The van der Waals surface area contributed by atoms with Gasteiger partial charge in [0.2, 0.25) is 0 Å². The van der Waals surface area contributed by atoms with Gasteiger partial charge in [-0.25, -0.2) is 4.98 Å². The quantitative estimate of drug-likeness (QED) is 0.425. The first-order chi connectivity index (χ1) is 15.5. The molecule has 1 aliphatic heterocycles. The molecule has 0 unspecified atom stereocenters. The summed E-state index contributed by atoms with van der Waals surface area (Å²) in [6.45, 7) is 8.11. The van der Waals surface area contributed by atoms with E-state index in [9.17, 15) is 10.1 Å². The highest BCUT2D eigenvalue weighted by atomic mass is 32.1. The van der Waals surface area contributed by atoms with E-state index >= 15 is 0 Å². The number of fused-ring (bicyclic) bond motifs is 1. The van der Waals surface area contributed by atoms with Gasteiger partial charge in [-0.3, -0.25) is 10.1 Å². The topological polar surface area (TPSA) is 89.2 Å². The van der Waals surface area contributed by atoms with Crippen molar-refractivity contribution >= 4 is 28.5 Å². The van der Waals surface area contributed by atoms with E-state index in [2.05, 4.69) is 21.8 Å². The highest BCUT2D eigenvalue weighted by Gasteiger charge is 2.17. The Labute approximate surface area is 190 Å². The number of rotatable bonds is 6. The molecule has 0 atom stereocenters. The van der Waals surface area contributed by atoms with Gasteiger partial charge in [-0.15, -0.1) is 11.3 Å². The van der Waals surface area contributed by atoms with E-state index in [4.69, 9.17) is 9.47 Å². The molecule has 2 aromatic heterocycles. The summed E-state index contributed by atoms with van der Waals surface area (Å²) in [7, 11) is 0. The average Bonchev–Trinajstić information content (AvgIpc) is 3.37. The first kappa shape index (κ1) is 21.7. The second kappa shape index (κ2) is 9.28. The Morgan fingerprint density at radius 1 is 1.28 bits per heavy atom. The third-order valence-corrected chi connectivity index (χ3v) is 6.05. The molecule has 1 aromatic carbocycles. The number of anilines is 1. The van der Waals surface area contributed by atoms with Crippen LogP contribution >= 0.6 is 11.3 Å². The molecule has 32 heavy (non-hydrogen) atoms. The van der Waals surface area contributed by atoms with Crippen LogP contribution in [-0.4, -0.2) is 28.7 Å². The van der Waals surface area contributed by atoms with Crippen LogP contribution in [0.4, 0.5) is 5.13 Å². The number of nitrogens with zero attached hydrogens (tertiary/aromatic N) is 3. The van der Waals surface area contributed by atoms with E-state index in [1.54, 1.807) is 6.08 Å². The molecule has 3 aromatic rings. The Bertz CT molecular complexity index is 1230. The Balaban J connectivity index is 1.52. The molecule has 0 aliphatic carbocycles. The van der Waals surface area contributed by atoms with Crippen molar-refractivity contribution in [2.75, 3.05) is 18.5 Å². The van der Waals surface area contributed by atoms with Crippen LogP contribution in [0.5, 0.6) is 11.5 Å². The van der Waals surface area contributed by atoms with Crippen LogP contribution in [0, 0.1) is 25.2 Å². The van der Waals surface area contributed by atoms with Crippen LogP contribution < -0.4 is 14.8 Å². The molecule has 0 spiro atoms. The van der Waals surface area contributed by atoms with Gasteiger partial charge in [-0.2, -0.15) is 5.26 Å². The lowest BCUT2D eigenvalue weighted by Crippen LogP contribution is -2.15. The molecule has 4 rings (SSSR count). The third kappa shape index (κ3) is 4.39. The number of hydrogen-bond donors (Lipinski definition) is 1. The van der Waals surface area contributed by atoms with Gasteiger partial charge < -0.3 is 14.0 Å². The molecule has 0 saturated carbocycles. The first-order valence-electron chi connectivity index (χ1n) is 10.5. The monoisotopic (exact) mass is 448 g/mol. The number of aryl methyl sites for hydroxylation is 1. The van der Waals surface area contributed by atoms with E-state index in [0.717, 1.165) is 35.5 Å². The molecule has 1 aliphatic rings. The summed E-state index contributed by atoms with van der Waals surface area (Å²) < 4.78 is 13.4. The van der Waals surface area contributed by atoms with Crippen LogP contribution in [0.1, 0.15) is 30.3 Å². The molecule has 164 valence electrons. The maximum absolute atomic E-state index is 12.7. The van der Waals surface area contributed by atoms with E-state index in [0.29, 0.717) is 35.5 Å². The Kier molecular flexibility index (Phi) is 6.28. The van der Waals surface area contributed by atoms with E-state index in [-0.39, 0.29) is 5.57 Å². The predicted molar refractivity (Wildman–Crippen MR) is 125 cm³/mol. The SMILES string of the molecule is CCCn1c(C)cc(C=C(C#N)C(=O)Nc2nc(-c3ccc4c(c3)OCCO4)cs2)c1C. The lowest BCUT2D eigenvalue weighted by Gasteiger charge is -2.18. The number of hydrogen-bond acceptors (Lipinski definition) is 6. The number of benzene rings is 1. The molecule has 8 heteroatoms. The molecular weight excluding hydrogens is 424 g/mol. The van der Waals surface area contributed by atoms with Gasteiger partial charge in [0.15, 0.2) is 16.6 Å². The minimum Gasteiger partial charge on any atom is -0.486 e. The summed E-state index contributed by atoms with van der Waals surface area (Å²) in [5.41, 5.74) is 4.65. The van der Waals surface area contributed by atoms with Crippen LogP contribution in [0.3, 0.4) is 0 Å². The zero-order valence-electron chi connectivity index (χ0n) is 18.3. The molecule has 3 heterocycles. The van der Waals surface area contributed by atoms with E-state index in [1.807, 2.05) is 49.6 Å². The van der Waals surface area contributed by atoms with Crippen molar-refractivity contribution in [1.29, 1.82) is 5.26 Å². The second-order valence-corrected chi connectivity index (χ2v) is 8.36. The minimum atomic E-state index is -0.476. The van der Waals surface area contributed by atoms with Crippen LogP contribution in [-0.2, 0) is 11.3 Å². The van der Waals surface area contributed by atoms with Gasteiger partial charge in [-0.1, -0.05) is 6.92 Å². The predicted octanol–water partition coefficient (Wildman–Crippen LogP) is 4.96. The summed E-state index contributed by atoms with van der Waals surface area (Å²) in [6.07, 6.45) is 2.65. The van der Waals surface area contributed by atoms with E-state index in [1.165, 1.54) is 11.3 Å². The highest BCUT2D eigenvalue weighted by molar-refractivity contribution is 7.14. The van der Waals surface area contributed by atoms with Gasteiger partial charge >= 0.3 is 0 Å². The maximum atomic E-state index is 12.7. The number of carbonyl (C=O) groups is 1. The third-order valence-electron chi connectivity index (χ3n) is 5.29. The molecule has 1 amide bonds. The number of nitriles is 1. The number of nitrogens with one attached hydrogen (secondary N) is 1. The summed E-state index contributed by atoms with van der Waals surface area (Å²) in [6, 6.07) is 9.65. The zero-order valence-corrected chi connectivity index (χ0v) is 19.1. The smallest absolute Gasteiger partial charge is 0.268 e. The van der Waals surface area contributed by atoms with Crippen LogP contribution in [0.15, 0.2) is 35.2 Å². The summed E-state index contributed by atoms with van der Waals surface area (Å²) >= 11 is 1.30. The number of aromatic nitrogens is 2.